The SMILES string of the molecule is C.C.C.CC.COC(=O)CC[C@@H](C)C1CCC2C3CC[C@@H]4CC(=O)CC[C@]4(C)C3CC(=O)[C@@]21C.COC(=O)CC[C@@H](C)C1CCC2C3CC[C@@H]4C[C@@H](C)CC[C@]4(C)C3=CC(=O)[C@@]21C.COC(=O)CC[C@@H](C)C1CCC2C3CC[C@@H]4C[C@@H](C)CC[C@]4(C)C3CC(=O)[C@@]21C.C[C@H](CCC(=O)O)C1CCC2C3CC[C@@H]4C[C@H](O)CC[C@]4(C)C3C[C@H](O)[C@@]21C. The number of esters is 3. The smallest absolute Gasteiger partial charge is 0.305 e. The lowest BCUT2D eigenvalue weighted by Gasteiger charge is -2.62. The molecule has 16 aliphatic rings. The van der Waals surface area contributed by atoms with Crippen LogP contribution in [0.3, 0.4) is 0 Å². The minimum Gasteiger partial charge on any atom is -0.481 e. The van der Waals surface area contributed by atoms with Crippen molar-refractivity contribution in [1.82, 2.24) is 0 Å². The fourth-order valence-electron chi connectivity index (χ4n) is 33.9. The Hall–Kier alpha value is -3.78. The van der Waals surface area contributed by atoms with E-state index in [0.717, 1.165) is 139 Å². The van der Waals surface area contributed by atoms with Gasteiger partial charge in [-0.1, -0.05) is 145 Å². The number of carboxylic acid groups (broad SMARTS) is 1. The molecule has 15 fully saturated rings. The zero-order chi connectivity index (χ0) is 85.2. The lowest BCUT2D eigenvalue weighted by Crippen LogP contribution is -2.58. The average Bonchev–Trinajstić information content (AvgIpc) is 1.47. The number of ketones is 4. The van der Waals surface area contributed by atoms with E-state index in [1.807, 2.05) is 13.8 Å². The molecule has 14 heteroatoms. The van der Waals surface area contributed by atoms with Crippen molar-refractivity contribution in [3.05, 3.63) is 11.6 Å². The van der Waals surface area contributed by atoms with E-state index in [1.165, 1.54) is 130 Å². The van der Waals surface area contributed by atoms with E-state index in [4.69, 9.17) is 19.3 Å². The van der Waals surface area contributed by atoms with Crippen LogP contribution in [0, 0.1) is 191 Å². The Morgan fingerprint density at radius 3 is 1.32 bits per heavy atom. The molecule has 0 amide bonds. The summed E-state index contributed by atoms with van der Waals surface area (Å²) in [7, 11) is 4.37. The zero-order valence-electron chi connectivity index (χ0n) is 77.1. The first-order valence-electron chi connectivity index (χ1n) is 48.9. The fraction of sp³-hybridized carbons (Fsp3) is 0.906. The maximum atomic E-state index is 13.8. The van der Waals surface area contributed by atoms with Crippen molar-refractivity contribution in [1.29, 1.82) is 0 Å². The number of Topliss-reactive ketones (excluding diaryl/α,β-unsaturated/α-hetero) is 3. The van der Waals surface area contributed by atoms with E-state index in [1.54, 1.807) is 0 Å². The van der Waals surface area contributed by atoms with Gasteiger partial charge in [-0.05, 0) is 374 Å². The number of rotatable bonds is 16. The highest BCUT2D eigenvalue weighted by atomic mass is 16.5. The van der Waals surface area contributed by atoms with Crippen molar-refractivity contribution >= 4 is 47.0 Å². The summed E-state index contributed by atoms with van der Waals surface area (Å²) in [6.45, 7) is 36.8. The number of aliphatic hydroxyl groups is 2. The number of carbonyl (C=O) groups excluding carboxylic acids is 7. The standard InChI is InChI=1S/C26H42O3.C26H40O3.C25H38O4.C24H40O4.C2H6.3CH4/c2*1-16-12-13-25(3)18(14-16)7-8-19-21-10-9-20(17(2)6-11-24(28)29-5)26(21,4)23(27)15-22(19)25;1-15(5-10-23(28)29-4)19-8-9-20-18-7-6-16-13-17(26)11-12-24(16,2)21(18)14-22(27)25(19,20)3;1-14(4-9-22(27)28)18-7-8-19-17-6-5-15-12-16(25)10-11-23(15,2)20(17)13-21(26)24(18,19)3;1-2;;;/h16-22H,6-15H2,1-5H3;15-21H,6-14H2,1-5H3;15-16,18-21H,5-14H2,1-4H3;14-21,25-26H,4-13H2,1-3H3,(H,27,28);1-2H3;3*1H4/t16-,17+,18+,19?,20?,21?,22?,25-,26+;16-,17+,18+,19?,20?,21?,25-,26+;15-,16-,18?,19?,20?,21?,24+,25-;14-,15-,16-,17?,18?,19?,20?,21+,23+,24-;;;;/m0011..../s1. The van der Waals surface area contributed by atoms with Gasteiger partial charge >= 0.3 is 23.9 Å². The fourth-order valence-corrected chi connectivity index (χ4v) is 33.9. The van der Waals surface area contributed by atoms with Gasteiger partial charge in [0, 0.05) is 67.6 Å². The van der Waals surface area contributed by atoms with E-state index in [0.29, 0.717) is 179 Å². The number of hydrogen-bond donors (Lipinski definition) is 3. The summed E-state index contributed by atoms with van der Waals surface area (Å²) in [5, 5.41) is 30.8. The largest absolute Gasteiger partial charge is 0.481 e. The molecule has 0 aliphatic heterocycles. The van der Waals surface area contributed by atoms with Crippen molar-refractivity contribution in [3.63, 3.8) is 0 Å². The molecule has 0 aromatic carbocycles. The molecule has 3 N–H and O–H groups in total. The Morgan fingerprint density at radius 1 is 0.417 bits per heavy atom. The van der Waals surface area contributed by atoms with Crippen LogP contribution < -0.4 is 0 Å². The molecule has 15 unspecified atom stereocenters. The molecule has 120 heavy (non-hydrogen) atoms. The van der Waals surface area contributed by atoms with Gasteiger partial charge in [-0.15, -0.1) is 0 Å². The van der Waals surface area contributed by atoms with Crippen LogP contribution in [0.25, 0.3) is 0 Å². The number of aliphatic carboxylic acids is 1. The number of hydrogen-bond acceptors (Lipinski definition) is 13. The van der Waals surface area contributed by atoms with Crippen LogP contribution >= 0.6 is 0 Å². The molecular formula is C106H178O14. The van der Waals surface area contributed by atoms with Gasteiger partial charge in [-0.3, -0.25) is 38.4 Å². The van der Waals surface area contributed by atoms with E-state index < -0.39 is 5.97 Å². The minimum atomic E-state index is -0.707. The molecule has 35 atom stereocenters. The number of aliphatic hydroxyl groups excluding tert-OH is 2. The Kier molecular flexibility index (Phi) is 32.9. The predicted octanol–water partition coefficient (Wildman–Crippen LogP) is 24.4. The van der Waals surface area contributed by atoms with Crippen LogP contribution in [-0.2, 0) is 52.6 Å². The zero-order valence-corrected chi connectivity index (χ0v) is 77.1. The third kappa shape index (κ3) is 17.9. The topological polar surface area (TPSA) is 225 Å². The van der Waals surface area contributed by atoms with E-state index >= 15 is 0 Å². The Morgan fingerprint density at radius 2 is 0.817 bits per heavy atom. The Balaban J connectivity index is 0.000000179. The summed E-state index contributed by atoms with van der Waals surface area (Å²) in [4.78, 5) is 99.1. The van der Waals surface area contributed by atoms with Crippen LogP contribution in [0.1, 0.15) is 383 Å². The summed E-state index contributed by atoms with van der Waals surface area (Å²) in [6, 6.07) is 0. The lowest BCUT2D eigenvalue weighted by molar-refractivity contribution is -0.175. The first kappa shape index (κ1) is 100.0. The first-order valence-corrected chi connectivity index (χ1v) is 48.9. The summed E-state index contributed by atoms with van der Waals surface area (Å²) >= 11 is 0. The van der Waals surface area contributed by atoms with Crippen LogP contribution in [0.4, 0.5) is 0 Å². The van der Waals surface area contributed by atoms with Gasteiger partial charge in [0.2, 0.25) is 0 Å². The highest BCUT2D eigenvalue weighted by molar-refractivity contribution is 5.97. The molecule has 16 aliphatic carbocycles. The Bertz CT molecular complexity index is 3580. The van der Waals surface area contributed by atoms with Crippen molar-refractivity contribution in [2.75, 3.05) is 21.3 Å². The molecule has 0 aromatic heterocycles. The number of methoxy groups -OCH3 is 3. The molecule has 0 aromatic rings. The summed E-state index contributed by atoms with van der Waals surface area (Å²) in [5.74, 6) is 14.7. The normalized spacial score (nSPS) is 45.4. The number of fused-ring (bicyclic) bond motifs is 20. The summed E-state index contributed by atoms with van der Waals surface area (Å²) in [6.07, 6.45) is 41.8. The van der Waals surface area contributed by atoms with Crippen LogP contribution in [0.5, 0.6) is 0 Å². The number of ether oxygens (including phenoxy) is 3. The van der Waals surface area contributed by atoms with Gasteiger partial charge in [-0.2, -0.15) is 0 Å². The van der Waals surface area contributed by atoms with Gasteiger partial charge in [-0.25, -0.2) is 0 Å². The van der Waals surface area contributed by atoms with Gasteiger partial charge in [0.1, 0.15) is 17.3 Å². The monoisotopic (exact) mass is 1680 g/mol. The Labute approximate surface area is 730 Å². The van der Waals surface area contributed by atoms with Crippen molar-refractivity contribution in [2.45, 2.75) is 396 Å². The molecule has 0 radical (unpaired) electrons. The van der Waals surface area contributed by atoms with Crippen molar-refractivity contribution < 1.29 is 67.9 Å². The van der Waals surface area contributed by atoms with Crippen LogP contribution in [0.15, 0.2) is 11.6 Å². The molecular weight excluding hydrogens is 1500 g/mol. The second kappa shape index (κ2) is 39.4. The second-order valence-electron chi connectivity index (χ2n) is 45.4. The molecule has 0 heterocycles. The highest BCUT2D eigenvalue weighted by Crippen LogP contribution is 2.73. The van der Waals surface area contributed by atoms with E-state index in [9.17, 15) is 48.6 Å². The van der Waals surface area contributed by atoms with Crippen LogP contribution in [-0.4, -0.2) is 95.9 Å². The van der Waals surface area contributed by atoms with Crippen molar-refractivity contribution in [2.24, 2.45) is 191 Å². The van der Waals surface area contributed by atoms with E-state index in [2.05, 4.69) is 103 Å². The van der Waals surface area contributed by atoms with Gasteiger partial charge in [0.25, 0.3) is 0 Å². The van der Waals surface area contributed by atoms with E-state index in [-0.39, 0.29) is 96.7 Å². The number of carbonyl (C=O) groups is 8. The first-order chi connectivity index (χ1) is 55.3. The molecule has 15 saturated carbocycles. The van der Waals surface area contributed by atoms with Crippen LogP contribution in [0.2, 0.25) is 0 Å². The molecule has 14 nitrogen and oxygen atoms in total. The summed E-state index contributed by atoms with van der Waals surface area (Å²) < 4.78 is 14.5. The second-order valence-corrected chi connectivity index (χ2v) is 45.4. The van der Waals surface area contributed by atoms with Gasteiger partial charge in [0.05, 0.1) is 33.5 Å². The minimum absolute atomic E-state index is 0. The molecule has 0 bridgehead atoms. The van der Waals surface area contributed by atoms with Gasteiger partial charge < -0.3 is 29.5 Å². The molecule has 0 spiro atoms. The number of carboxylic acids is 1. The third-order valence-electron chi connectivity index (χ3n) is 41.0. The molecule has 686 valence electrons. The number of allylic oxidation sites excluding steroid dienone is 2. The maximum Gasteiger partial charge on any atom is 0.305 e. The molecule has 16 rings (SSSR count). The summed E-state index contributed by atoms with van der Waals surface area (Å²) in [5.41, 5.74) is 1.91. The van der Waals surface area contributed by atoms with Gasteiger partial charge in [0.15, 0.2) is 5.78 Å². The predicted molar refractivity (Wildman–Crippen MR) is 482 cm³/mol. The quantitative estimate of drug-likeness (QED) is 0.0966. The maximum absolute atomic E-state index is 13.8. The van der Waals surface area contributed by atoms with Crippen molar-refractivity contribution in [3.8, 4) is 0 Å². The lowest BCUT2D eigenvalue weighted by atomic mass is 9.43. The highest BCUT2D eigenvalue weighted by Gasteiger charge is 2.69. The molecule has 0 saturated heterocycles. The third-order valence-corrected chi connectivity index (χ3v) is 41.0. The average molecular weight is 1680 g/mol.